The molecule has 100 valence electrons. The Morgan fingerprint density at radius 2 is 2.22 bits per heavy atom. The lowest BCUT2D eigenvalue weighted by Crippen LogP contribution is -2.21. The van der Waals surface area contributed by atoms with E-state index in [-0.39, 0.29) is 24.8 Å². The van der Waals surface area contributed by atoms with Crippen molar-refractivity contribution in [3.05, 3.63) is 47.0 Å². The van der Waals surface area contributed by atoms with Gasteiger partial charge in [0.2, 0.25) is 0 Å². The van der Waals surface area contributed by atoms with Gasteiger partial charge >= 0.3 is 0 Å². The van der Waals surface area contributed by atoms with E-state index in [1.807, 2.05) is 13.0 Å². The Kier molecular flexibility index (Phi) is 5.91. The Morgan fingerprint density at radius 1 is 1.50 bits per heavy atom. The van der Waals surface area contributed by atoms with Crippen molar-refractivity contribution in [1.29, 1.82) is 0 Å². The number of nitrogens with two attached hydrogens (primary N) is 2. The molecule has 5 N–H and O–H groups in total. The van der Waals surface area contributed by atoms with Gasteiger partial charge in [-0.05, 0) is 29.5 Å². The first-order valence-corrected chi connectivity index (χ1v) is 5.82. The summed E-state index contributed by atoms with van der Waals surface area (Å²) in [6.07, 6.45) is 1.01. The number of halogens is 2. The molecule has 0 radical (unpaired) electrons. The molecule has 18 heavy (non-hydrogen) atoms. The van der Waals surface area contributed by atoms with Crippen LogP contribution in [-0.4, -0.2) is 6.54 Å². The molecule has 0 aromatic heterocycles. The van der Waals surface area contributed by atoms with Crippen molar-refractivity contribution in [2.45, 2.75) is 25.8 Å². The maximum atomic E-state index is 13.7. The lowest BCUT2D eigenvalue weighted by atomic mass is 9.93. The number of hydrazine groups is 1. The molecule has 0 aliphatic rings. The van der Waals surface area contributed by atoms with Crippen molar-refractivity contribution in [2.75, 3.05) is 6.54 Å². The SMILES string of the molecule is CC(C/C(=C/F)CN)c1ccc(CNN)c(F)c1. The Bertz CT molecular complexity index is 419. The van der Waals surface area contributed by atoms with E-state index in [4.69, 9.17) is 11.6 Å². The molecular weight excluding hydrogens is 236 g/mol. The summed E-state index contributed by atoms with van der Waals surface area (Å²) in [5.41, 5.74) is 9.66. The van der Waals surface area contributed by atoms with E-state index in [2.05, 4.69) is 5.43 Å². The van der Waals surface area contributed by atoms with E-state index >= 15 is 0 Å². The molecule has 0 saturated heterocycles. The largest absolute Gasteiger partial charge is 0.327 e. The normalized spacial score (nSPS) is 13.7. The Hall–Kier alpha value is -1.30. The highest BCUT2D eigenvalue weighted by Gasteiger charge is 2.11. The topological polar surface area (TPSA) is 64.1 Å². The number of benzene rings is 1. The summed E-state index contributed by atoms with van der Waals surface area (Å²) >= 11 is 0. The van der Waals surface area contributed by atoms with Crippen molar-refractivity contribution < 1.29 is 8.78 Å². The third kappa shape index (κ3) is 3.87. The van der Waals surface area contributed by atoms with Crippen LogP contribution in [0.4, 0.5) is 8.78 Å². The van der Waals surface area contributed by atoms with Gasteiger partial charge in [-0.15, -0.1) is 0 Å². The average molecular weight is 255 g/mol. The lowest BCUT2D eigenvalue weighted by Gasteiger charge is -2.14. The zero-order valence-electron chi connectivity index (χ0n) is 10.4. The smallest absolute Gasteiger partial charge is 0.128 e. The first kappa shape index (κ1) is 14.8. The summed E-state index contributed by atoms with van der Waals surface area (Å²) in [6, 6.07) is 4.97. The third-order valence-corrected chi connectivity index (χ3v) is 2.92. The van der Waals surface area contributed by atoms with Crippen molar-refractivity contribution in [2.24, 2.45) is 11.6 Å². The summed E-state index contributed by atoms with van der Waals surface area (Å²) in [7, 11) is 0. The summed E-state index contributed by atoms with van der Waals surface area (Å²) in [5, 5.41) is 0. The fraction of sp³-hybridized carbons (Fsp3) is 0.385. The minimum Gasteiger partial charge on any atom is -0.327 e. The van der Waals surface area contributed by atoms with Crippen molar-refractivity contribution in [3.63, 3.8) is 0 Å². The predicted molar refractivity (Wildman–Crippen MR) is 68.7 cm³/mol. The Balaban J connectivity index is 2.81. The quantitative estimate of drug-likeness (QED) is 0.539. The second kappa shape index (κ2) is 7.20. The van der Waals surface area contributed by atoms with Crippen molar-refractivity contribution in [1.82, 2.24) is 5.43 Å². The van der Waals surface area contributed by atoms with E-state index in [0.717, 1.165) is 5.56 Å². The van der Waals surface area contributed by atoms with Crippen LogP contribution >= 0.6 is 0 Å². The highest BCUT2D eigenvalue weighted by molar-refractivity contribution is 5.27. The van der Waals surface area contributed by atoms with Gasteiger partial charge in [0.1, 0.15) is 5.82 Å². The first-order valence-electron chi connectivity index (χ1n) is 5.82. The van der Waals surface area contributed by atoms with Crippen LogP contribution in [0.2, 0.25) is 0 Å². The monoisotopic (exact) mass is 255 g/mol. The number of nitrogens with one attached hydrogen (secondary N) is 1. The maximum absolute atomic E-state index is 13.7. The maximum Gasteiger partial charge on any atom is 0.128 e. The van der Waals surface area contributed by atoms with Crippen LogP contribution in [0.5, 0.6) is 0 Å². The number of hydrogen-bond acceptors (Lipinski definition) is 3. The summed E-state index contributed by atoms with van der Waals surface area (Å²) in [6.45, 7) is 2.37. The standard InChI is InChI=1S/C13H19F2N3/c1-9(4-10(6-14)7-16)11-2-3-12(8-18-17)13(15)5-11/h2-3,5-6,9,18H,4,7-8,16-17H2,1H3/b10-6-. The van der Waals surface area contributed by atoms with E-state index in [0.29, 0.717) is 23.9 Å². The average Bonchev–Trinajstić information content (AvgIpc) is 2.38. The van der Waals surface area contributed by atoms with Crippen LogP contribution in [0.15, 0.2) is 30.1 Å². The van der Waals surface area contributed by atoms with Crippen molar-refractivity contribution >= 4 is 0 Å². The molecule has 1 aromatic rings. The molecular formula is C13H19F2N3. The highest BCUT2D eigenvalue weighted by atomic mass is 19.1. The third-order valence-electron chi connectivity index (χ3n) is 2.92. The molecule has 5 heteroatoms. The molecule has 0 amide bonds. The molecule has 0 heterocycles. The van der Waals surface area contributed by atoms with E-state index in [1.54, 1.807) is 6.07 Å². The van der Waals surface area contributed by atoms with Crippen LogP contribution in [0.3, 0.4) is 0 Å². The Labute approximate surface area is 106 Å². The Morgan fingerprint density at radius 3 is 2.72 bits per heavy atom. The molecule has 1 aromatic carbocycles. The molecule has 1 rings (SSSR count). The second-order valence-corrected chi connectivity index (χ2v) is 4.31. The molecule has 0 fully saturated rings. The predicted octanol–water partition coefficient (Wildman–Crippen LogP) is 2.09. The van der Waals surface area contributed by atoms with E-state index < -0.39 is 0 Å². The van der Waals surface area contributed by atoms with Gasteiger partial charge in [-0.25, -0.2) is 8.78 Å². The summed E-state index contributed by atoms with van der Waals surface area (Å²) in [5.74, 6) is 4.86. The zero-order chi connectivity index (χ0) is 13.5. The minimum absolute atomic E-state index is 0.0185. The van der Waals surface area contributed by atoms with Gasteiger partial charge in [0, 0.05) is 18.7 Å². The van der Waals surface area contributed by atoms with E-state index in [9.17, 15) is 8.78 Å². The lowest BCUT2D eigenvalue weighted by molar-refractivity contribution is 0.587. The first-order chi connectivity index (χ1) is 8.62. The molecule has 0 aliphatic carbocycles. The fourth-order valence-electron chi connectivity index (χ4n) is 1.81. The van der Waals surface area contributed by atoms with Crippen LogP contribution < -0.4 is 17.0 Å². The zero-order valence-corrected chi connectivity index (χ0v) is 10.4. The number of hydrogen-bond donors (Lipinski definition) is 3. The number of rotatable bonds is 6. The van der Waals surface area contributed by atoms with Crippen LogP contribution in [-0.2, 0) is 6.54 Å². The van der Waals surface area contributed by atoms with Gasteiger partial charge in [0.15, 0.2) is 0 Å². The summed E-state index contributed by atoms with van der Waals surface area (Å²) < 4.78 is 26.1. The van der Waals surface area contributed by atoms with Gasteiger partial charge in [-0.1, -0.05) is 19.1 Å². The van der Waals surface area contributed by atoms with Gasteiger partial charge in [0.25, 0.3) is 0 Å². The van der Waals surface area contributed by atoms with Gasteiger partial charge in [0.05, 0.1) is 6.33 Å². The second-order valence-electron chi connectivity index (χ2n) is 4.31. The molecule has 0 bridgehead atoms. The molecule has 1 atom stereocenters. The van der Waals surface area contributed by atoms with E-state index in [1.165, 1.54) is 6.07 Å². The summed E-state index contributed by atoms with van der Waals surface area (Å²) in [4.78, 5) is 0. The van der Waals surface area contributed by atoms with Gasteiger partial charge in [-0.2, -0.15) is 0 Å². The highest BCUT2D eigenvalue weighted by Crippen LogP contribution is 2.24. The molecule has 0 aliphatic heterocycles. The van der Waals surface area contributed by atoms with Crippen LogP contribution in [0.25, 0.3) is 0 Å². The molecule has 0 spiro atoms. The van der Waals surface area contributed by atoms with Crippen molar-refractivity contribution in [3.8, 4) is 0 Å². The molecule has 1 unspecified atom stereocenters. The van der Waals surface area contributed by atoms with Crippen LogP contribution in [0, 0.1) is 5.82 Å². The minimum atomic E-state index is -0.309. The van der Waals surface area contributed by atoms with Gasteiger partial charge in [-0.3, -0.25) is 11.3 Å². The molecule has 0 saturated carbocycles. The fourth-order valence-corrected chi connectivity index (χ4v) is 1.81. The molecule has 3 nitrogen and oxygen atoms in total. The van der Waals surface area contributed by atoms with Crippen LogP contribution in [0.1, 0.15) is 30.4 Å². The van der Waals surface area contributed by atoms with Gasteiger partial charge < -0.3 is 5.73 Å².